The fourth-order valence-electron chi connectivity index (χ4n) is 3.60. The highest BCUT2D eigenvalue weighted by molar-refractivity contribution is 5.49. The maximum Gasteiger partial charge on any atom is 0.119 e. The van der Waals surface area contributed by atoms with Crippen molar-refractivity contribution in [1.29, 1.82) is 0 Å². The lowest BCUT2D eigenvalue weighted by Gasteiger charge is -2.23. The van der Waals surface area contributed by atoms with Crippen molar-refractivity contribution in [2.24, 2.45) is 11.5 Å². The van der Waals surface area contributed by atoms with Crippen LogP contribution in [0.2, 0.25) is 0 Å². The minimum Gasteiger partial charge on any atom is -0.403 e. The number of carbonyl (C=O) groups is 2. The second-order valence-electron chi connectivity index (χ2n) is 7.98. The van der Waals surface area contributed by atoms with Crippen LogP contribution in [0.3, 0.4) is 0 Å². The summed E-state index contributed by atoms with van der Waals surface area (Å²) in [5.41, 5.74) is 12.9. The quantitative estimate of drug-likeness (QED) is 0.110. The zero-order valence-corrected chi connectivity index (χ0v) is 19.7. The number of carbonyl (C=O) groups excluding carboxylic acids is 2. The number of nitrogens with one attached hydrogen (secondary N) is 2. The van der Waals surface area contributed by atoms with Crippen molar-refractivity contribution in [3.8, 4) is 0 Å². The molecule has 7 heteroatoms. The molecule has 0 bridgehead atoms. The average molecular weight is 438 g/mol. The summed E-state index contributed by atoms with van der Waals surface area (Å²) < 4.78 is 0. The van der Waals surface area contributed by atoms with Crippen molar-refractivity contribution < 1.29 is 9.59 Å². The van der Waals surface area contributed by atoms with E-state index in [9.17, 15) is 9.59 Å². The van der Waals surface area contributed by atoms with E-state index in [1.807, 2.05) is 7.05 Å². The third-order valence-electron chi connectivity index (χ3n) is 5.45. The molecule has 0 aliphatic heterocycles. The first-order valence-electron chi connectivity index (χ1n) is 12.1. The third kappa shape index (κ3) is 17.4. The molecule has 31 heavy (non-hydrogen) atoms. The second kappa shape index (κ2) is 22.7. The van der Waals surface area contributed by atoms with Gasteiger partial charge in [0.1, 0.15) is 12.6 Å². The summed E-state index contributed by atoms with van der Waals surface area (Å²) in [7, 11) is 1.82. The highest BCUT2D eigenvalue weighted by atomic mass is 16.1. The van der Waals surface area contributed by atoms with Crippen LogP contribution in [0.25, 0.3) is 0 Å². The van der Waals surface area contributed by atoms with Gasteiger partial charge in [0, 0.05) is 38.8 Å². The van der Waals surface area contributed by atoms with E-state index >= 15 is 0 Å². The summed E-state index contributed by atoms with van der Waals surface area (Å²) in [6, 6.07) is 0. The van der Waals surface area contributed by atoms with E-state index in [-0.39, 0.29) is 0 Å². The lowest BCUT2D eigenvalue weighted by molar-refractivity contribution is -0.108. The number of nitrogens with two attached hydrogens (primary N) is 2. The predicted molar refractivity (Wildman–Crippen MR) is 130 cm³/mol. The lowest BCUT2D eigenvalue weighted by Crippen LogP contribution is -2.30. The summed E-state index contributed by atoms with van der Waals surface area (Å²) in [6.45, 7) is 4.16. The largest absolute Gasteiger partial charge is 0.403 e. The first-order chi connectivity index (χ1) is 15.2. The summed E-state index contributed by atoms with van der Waals surface area (Å²) >= 11 is 0. The summed E-state index contributed by atoms with van der Waals surface area (Å²) in [5, 5.41) is 6.39. The molecule has 0 unspecified atom stereocenters. The molecule has 0 aromatic carbocycles. The molecule has 0 aliphatic rings. The number of likely N-dealkylation sites (N-methyl/N-ethyl adjacent to an activating group) is 1. The van der Waals surface area contributed by atoms with Gasteiger partial charge in [0.15, 0.2) is 0 Å². The van der Waals surface area contributed by atoms with Gasteiger partial charge in [-0.15, -0.1) is 0 Å². The Bertz CT molecular complexity index is 472. The highest BCUT2D eigenvalue weighted by Gasteiger charge is 2.06. The topological polar surface area (TPSA) is 113 Å². The summed E-state index contributed by atoms with van der Waals surface area (Å²) in [5.74, 6) is 0. The first-order valence-corrected chi connectivity index (χ1v) is 12.1. The van der Waals surface area contributed by atoms with Gasteiger partial charge in [-0.2, -0.15) is 0 Å². The number of aldehydes is 2. The van der Waals surface area contributed by atoms with Gasteiger partial charge in [-0.05, 0) is 51.7 Å². The number of rotatable bonds is 23. The minimum atomic E-state index is 0.694. The van der Waals surface area contributed by atoms with Gasteiger partial charge in [0.05, 0.1) is 11.4 Å². The van der Waals surface area contributed by atoms with Crippen LogP contribution < -0.4 is 22.1 Å². The second-order valence-corrected chi connectivity index (χ2v) is 7.98. The van der Waals surface area contributed by atoms with Gasteiger partial charge >= 0.3 is 0 Å². The molecule has 0 spiro atoms. The molecule has 0 aliphatic carbocycles. The zero-order valence-electron chi connectivity index (χ0n) is 19.7. The Morgan fingerprint density at radius 1 is 0.677 bits per heavy atom. The smallest absolute Gasteiger partial charge is 0.119 e. The number of unbranched alkanes of at least 4 members (excludes halogenated alkanes) is 10. The van der Waals surface area contributed by atoms with Gasteiger partial charge in [0.2, 0.25) is 0 Å². The van der Waals surface area contributed by atoms with E-state index in [0.29, 0.717) is 12.8 Å². The van der Waals surface area contributed by atoms with Crippen molar-refractivity contribution >= 4 is 12.6 Å². The standard InChI is InChI=1S/C24H47N5O2/c1-27-23(21-25)24(22-26)28-15-14-18-29(16-10-6-2-4-8-12-19-30)17-11-7-3-5-9-13-20-31/h19-22,27-28H,2-18,25-26H2,1H3/b23-21+,24-22+. The summed E-state index contributed by atoms with van der Waals surface area (Å²) in [6.07, 6.45) is 19.2. The number of hydrogen-bond acceptors (Lipinski definition) is 7. The van der Waals surface area contributed by atoms with Gasteiger partial charge in [-0.1, -0.05) is 38.5 Å². The van der Waals surface area contributed by atoms with E-state index in [2.05, 4.69) is 15.5 Å². The van der Waals surface area contributed by atoms with E-state index in [4.69, 9.17) is 11.5 Å². The molecule has 0 aromatic heterocycles. The Labute approximate surface area is 190 Å². The molecule has 0 radical (unpaired) electrons. The van der Waals surface area contributed by atoms with E-state index in [1.165, 1.54) is 44.7 Å². The molecule has 6 N–H and O–H groups in total. The molecule has 0 atom stereocenters. The Morgan fingerprint density at radius 3 is 1.58 bits per heavy atom. The van der Waals surface area contributed by atoms with E-state index in [0.717, 1.165) is 82.2 Å². The fourth-order valence-corrected chi connectivity index (χ4v) is 3.60. The molecular weight excluding hydrogens is 390 g/mol. The Kier molecular flexibility index (Phi) is 21.2. The number of nitrogens with zero attached hydrogens (tertiary/aromatic N) is 1. The molecule has 0 fully saturated rings. The molecule has 0 rings (SSSR count). The van der Waals surface area contributed by atoms with Crippen LogP contribution in [0.15, 0.2) is 23.8 Å². The first kappa shape index (κ1) is 29.0. The van der Waals surface area contributed by atoms with E-state index < -0.39 is 0 Å². The highest BCUT2D eigenvalue weighted by Crippen LogP contribution is 2.09. The van der Waals surface area contributed by atoms with Gasteiger partial charge in [0.25, 0.3) is 0 Å². The third-order valence-corrected chi connectivity index (χ3v) is 5.45. The van der Waals surface area contributed by atoms with Crippen molar-refractivity contribution in [1.82, 2.24) is 15.5 Å². The van der Waals surface area contributed by atoms with Gasteiger partial charge in [-0.25, -0.2) is 0 Å². The monoisotopic (exact) mass is 437 g/mol. The van der Waals surface area contributed by atoms with Crippen LogP contribution in [0.5, 0.6) is 0 Å². The van der Waals surface area contributed by atoms with Crippen molar-refractivity contribution in [3.05, 3.63) is 23.8 Å². The molecule has 7 nitrogen and oxygen atoms in total. The molecule has 0 saturated carbocycles. The van der Waals surface area contributed by atoms with Crippen LogP contribution >= 0.6 is 0 Å². The fraction of sp³-hybridized carbons (Fsp3) is 0.750. The van der Waals surface area contributed by atoms with Crippen LogP contribution in [-0.4, -0.2) is 50.7 Å². The molecule has 0 saturated heterocycles. The maximum atomic E-state index is 10.4. The van der Waals surface area contributed by atoms with Crippen molar-refractivity contribution in [2.75, 3.05) is 33.2 Å². The minimum absolute atomic E-state index is 0.694. The SMILES string of the molecule is CNC(=C/N)/C(=C\N)NCCCN(CCCCCCCC=O)CCCCCCCC=O. The van der Waals surface area contributed by atoms with Crippen molar-refractivity contribution in [3.63, 3.8) is 0 Å². The van der Waals surface area contributed by atoms with Crippen LogP contribution in [0.1, 0.15) is 83.5 Å². The van der Waals surface area contributed by atoms with Crippen LogP contribution in [-0.2, 0) is 9.59 Å². The van der Waals surface area contributed by atoms with Crippen LogP contribution in [0, 0.1) is 0 Å². The molecule has 0 heterocycles. The van der Waals surface area contributed by atoms with Gasteiger partial charge < -0.3 is 36.6 Å². The average Bonchev–Trinajstić information content (AvgIpc) is 2.79. The molecular formula is C24H47N5O2. The van der Waals surface area contributed by atoms with Crippen molar-refractivity contribution in [2.45, 2.75) is 83.5 Å². The molecule has 0 amide bonds. The number of hydrogen-bond donors (Lipinski definition) is 4. The summed E-state index contributed by atoms with van der Waals surface area (Å²) in [4.78, 5) is 23.4. The lowest BCUT2D eigenvalue weighted by atomic mass is 10.1. The van der Waals surface area contributed by atoms with Gasteiger partial charge in [-0.3, -0.25) is 0 Å². The Morgan fingerprint density at radius 2 is 1.13 bits per heavy atom. The zero-order chi connectivity index (χ0) is 23.0. The molecule has 0 aromatic rings. The normalized spacial score (nSPS) is 12.2. The van der Waals surface area contributed by atoms with E-state index in [1.54, 1.807) is 6.20 Å². The molecule has 180 valence electrons. The predicted octanol–water partition coefficient (Wildman–Crippen LogP) is 3.17. The maximum absolute atomic E-state index is 10.4. The Hall–Kier alpha value is -2.02. The Balaban J connectivity index is 4.22. The van der Waals surface area contributed by atoms with Crippen LogP contribution in [0.4, 0.5) is 0 Å².